The monoisotopic (exact) mass is 497 g/mol. The van der Waals surface area contributed by atoms with E-state index in [2.05, 4.69) is 15.3 Å². The fourth-order valence-electron chi connectivity index (χ4n) is 2.88. The van der Waals surface area contributed by atoms with Crippen LogP contribution in [0.15, 0.2) is 47.6 Å². The van der Waals surface area contributed by atoms with Crippen molar-refractivity contribution in [3.05, 3.63) is 54.0 Å². The minimum Gasteiger partial charge on any atom is -0.493 e. The molecule has 1 heterocycles. The average molecular weight is 497 g/mol. The number of benzene rings is 2. The van der Waals surface area contributed by atoms with Crippen LogP contribution in [0.3, 0.4) is 0 Å². The summed E-state index contributed by atoms with van der Waals surface area (Å²) in [5, 5.41) is 2.36. The van der Waals surface area contributed by atoms with Gasteiger partial charge >= 0.3 is 6.18 Å². The van der Waals surface area contributed by atoms with Crippen molar-refractivity contribution in [2.24, 2.45) is 0 Å². The zero-order chi connectivity index (χ0) is 24.9. The summed E-state index contributed by atoms with van der Waals surface area (Å²) in [6, 6.07) is 8.64. The van der Waals surface area contributed by atoms with Crippen molar-refractivity contribution in [2.75, 3.05) is 32.4 Å². The van der Waals surface area contributed by atoms with E-state index >= 15 is 0 Å². The highest BCUT2D eigenvalue weighted by Crippen LogP contribution is 2.40. The van der Waals surface area contributed by atoms with E-state index in [1.54, 1.807) is 0 Å². The molecule has 12 heteroatoms. The minimum atomic E-state index is -4.73. The Morgan fingerprint density at radius 3 is 2.12 bits per heavy atom. The molecule has 0 radical (unpaired) electrons. The Kier molecular flexibility index (Phi) is 7.82. The highest BCUT2D eigenvalue weighted by molar-refractivity contribution is 7.99. The zero-order valence-corrected chi connectivity index (χ0v) is 19.0. The molecule has 0 unspecified atom stereocenters. The minimum absolute atomic E-state index is 0.0464. The summed E-state index contributed by atoms with van der Waals surface area (Å²) in [6.07, 6.45) is -4.73. The number of amides is 1. The molecule has 0 bridgehead atoms. The number of thioether (sulfide) groups is 1. The number of rotatable bonds is 8. The molecule has 7 nitrogen and oxygen atoms in total. The van der Waals surface area contributed by atoms with Crippen LogP contribution in [-0.4, -0.2) is 43.0 Å². The first-order chi connectivity index (χ1) is 16.1. The molecule has 3 aromatic rings. The number of ether oxygens (including phenoxy) is 3. The number of carbonyl (C=O) groups is 1. The lowest BCUT2D eigenvalue weighted by Crippen LogP contribution is -2.15. The van der Waals surface area contributed by atoms with E-state index in [9.17, 15) is 22.4 Å². The zero-order valence-electron chi connectivity index (χ0n) is 18.2. The van der Waals surface area contributed by atoms with Crippen LogP contribution in [0.2, 0.25) is 0 Å². The second kappa shape index (κ2) is 10.6. The van der Waals surface area contributed by atoms with Gasteiger partial charge in [0.2, 0.25) is 11.7 Å². The summed E-state index contributed by atoms with van der Waals surface area (Å²) in [6.45, 7) is 0. The summed E-state index contributed by atoms with van der Waals surface area (Å²) in [4.78, 5) is 20.1. The molecule has 34 heavy (non-hydrogen) atoms. The second-order valence-electron chi connectivity index (χ2n) is 6.68. The second-order valence-corrected chi connectivity index (χ2v) is 7.62. The number of methoxy groups -OCH3 is 3. The molecule has 1 N–H and O–H groups in total. The Bertz CT molecular complexity index is 1150. The van der Waals surface area contributed by atoms with E-state index in [4.69, 9.17) is 14.2 Å². The molecule has 0 atom stereocenters. The molecule has 0 aliphatic carbocycles. The van der Waals surface area contributed by atoms with Crippen molar-refractivity contribution < 1.29 is 36.6 Å². The van der Waals surface area contributed by atoms with E-state index in [0.29, 0.717) is 22.9 Å². The summed E-state index contributed by atoms with van der Waals surface area (Å²) in [5.41, 5.74) is -0.612. The van der Waals surface area contributed by atoms with Gasteiger partial charge in [0.25, 0.3) is 0 Å². The van der Waals surface area contributed by atoms with Gasteiger partial charge in [-0.15, -0.1) is 0 Å². The van der Waals surface area contributed by atoms with Crippen molar-refractivity contribution in [1.82, 2.24) is 9.97 Å². The van der Waals surface area contributed by atoms with Crippen LogP contribution in [0.4, 0.5) is 23.2 Å². The van der Waals surface area contributed by atoms with E-state index in [1.165, 1.54) is 45.6 Å². The molecule has 2 aromatic carbocycles. The van der Waals surface area contributed by atoms with Crippen LogP contribution < -0.4 is 19.5 Å². The fraction of sp³-hybridized carbons (Fsp3) is 0.227. The number of nitrogens with zero attached hydrogens (tertiary/aromatic N) is 2. The third-order valence-corrected chi connectivity index (χ3v) is 5.26. The third kappa shape index (κ3) is 6.07. The predicted molar refractivity (Wildman–Crippen MR) is 118 cm³/mol. The van der Waals surface area contributed by atoms with Gasteiger partial charge in [-0.2, -0.15) is 13.2 Å². The maximum atomic E-state index is 13.3. The Hall–Kier alpha value is -3.54. The number of anilines is 1. The highest BCUT2D eigenvalue weighted by atomic mass is 32.2. The lowest BCUT2D eigenvalue weighted by molar-refractivity contribution is -0.141. The quantitative estimate of drug-likeness (QED) is 0.265. The van der Waals surface area contributed by atoms with Gasteiger partial charge in [0.05, 0.1) is 32.8 Å². The Labute approximate surface area is 196 Å². The first-order valence-corrected chi connectivity index (χ1v) is 10.6. The van der Waals surface area contributed by atoms with Gasteiger partial charge in [-0.25, -0.2) is 14.4 Å². The van der Waals surface area contributed by atoms with Gasteiger partial charge < -0.3 is 19.5 Å². The Morgan fingerprint density at radius 1 is 0.971 bits per heavy atom. The van der Waals surface area contributed by atoms with Crippen molar-refractivity contribution in [2.45, 2.75) is 11.3 Å². The molecule has 3 rings (SSSR count). The number of aromatic nitrogens is 2. The van der Waals surface area contributed by atoms with E-state index in [-0.39, 0.29) is 22.2 Å². The molecule has 0 aliphatic rings. The Morgan fingerprint density at radius 2 is 1.59 bits per heavy atom. The van der Waals surface area contributed by atoms with Crippen molar-refractivity contribution >= 4 is 23.4 Å². The summed E-state index contributed by atoms with van der Waals surface area (Å²) >= 11 is 0.722. The predicted octanol–water partition coefficient (Wildman–Crippen LogP) is 5.06. The van der Waals surface area contributed by atoms with Gasteiger partial charge in [0.1, 0.15) is 11.5 Å². The number of alkyl halides is 3. The normalized spacial score (nSPS) is 11.1. The van der Waals surface area contributed by atoms with Crippen molar-refractivity contribution in [3.63, 3.8) is 0 Å². The fourth-order valence-corrected chi connectivity index (χ4v) is 3.54. The van der Waals surface area contributed by atoms with Crippen LogP contribution in [0.25, 0.3) is 11.3 Å². The van der Waals surface area contributed by atoms with E-state index < -0.39 is 23.6 Å². The lowest BCUT2D eigenvalue weighted by Gasteiger charge is -2.14. The van der Waals surface area contributed by atoms with Crippen LogP contribution >= 0.6 is 11.8 Å². The summed E-state index contributed by atoms with van der Waals surface area (Å²) in [5.74, 6) is -0.371. The number of hydrogen-bond acceptors (Lipinski definition) is 7. The molecule has 0 saturated heterocycles. The number of hydrogen-bond donors (Lipinski definition) is 1. The van der Waals surface area contributed by atoms with Gasteiger partial charge in [-0.1, -0.05) is 11.8 Å². The van der Waals surface area contributed by atoms with Crippen LogP contribution in [-0.2, 0) is 11.0 Å². The first kappa shape index (κ1) is 25.1. The van der Waals surface area contributed by atoms with Gasteiger partial charge in [-0.3, -0.25) is 4.79 Å². The van der Waals surface area contributed by atoms with Gasteiger partial charge in [0.15, 0.2) is 16.7 Å². The molecule has 0 spiro atoms. The van der Waals surface area contributed by atoms with Gasteiger partial charge in [-0.05, 0) is 30.3 Å². The molecule has 180 valence electrons. The molecule has 0 saturated carbocycles. The molecule has 0 aliphatic heterocycles. The van der Waals surface area contributed by atoms with Gasteiger partial charge in [0, 0.05) is 23.4 Å². The van der Waals surface area contributed by atoms with Crippen LogP contribution in [0, 0.1) is 5.82 Å². The molecule has 1 aromatic heterocycles. The first-order valence-electron chi connectivity index (χ1n) is 9.59. The van der Waals surface area contributed by atoms with Crippen molar-refractivity contribution in [1.29, 1.82) is 0 Å². The maximum Gasteiger partial charge on any atom is 0.433 e. The maximum absolute atomic E-state index is 13.3. The third-order valence-electron chi connectivity index (χ3n) is 4.42. The summed E-state index contributed by atoms with van der Waals surface area (Å²) in [7, 11) is 4.27. The highest BCUT2D eigenvalue weighted by Gasteiger charge is 2.34. The average Bonchev–Trinajstić information content (AvgIpc) is 2.81. The van der Waals surface area contributed by atoms with E-state index in [0.717, 1.165) is 30.0 Å². The molecular formula is C22H19F4N3O4S. The molecular weight excluding hydrogens is 478 g/mol. The van der Waals surface area contributed by atoms with Crippen LogP contribution in [0.5, 0.6) is 17.2 Å². The number of carbonyl (C=O) groups excluding carboxylic acids is 1. The Balaban J connectivity index is 1.80. The summed E-state index contributed by atoms with van der Waals surface area (Å²) < 4.78 is 68.9. The standard InChI is InChI=1S/C22H19F4N3O4S/c1-31-16-8-14(9-17(32-2)20(16)33-3)27-19(30)11-34-21-28-15(10-18(29-21)22(24,25)26)12-4-6-13(23)7-5-12/h4-10H,11H2,1-3H3,(H,27,30). The number of halogens is 4. The van der Waals surface area contributed by atoms with E-state index in [1.807, 2.05) is 0 Å². The lowest BCUT2D eigenvalue weighted by atomic mass is 10.1. The SMILES string of the molecule is COc1cc(NC(=O)CSc2nc(-c3ccc(F)cc3)cc(C(F)(F)F)n2)cc(OC)c1OC. The van der Waals surface area contributed by atoms with Crippen molar-refractivity contribution in [3.8, 4) is 28.5 Å². The topological polar surface area (TPSA) is 82.6 Å². The van der Waals surface area contributed by atoms with Crippen LogP contribution in [0.1, 0.15) is 5.69 Å². The smallest absolute Gasteiger partial charge is 0.433 e. The molecule has 1 amide bonds. The number of nitrogens with one attached hydrogen (secondary N) is 1. The molecule has 0 fully saturated rings. The largest absolute Gasteiger partial charge is 0.493 e.